The van der Waals surface area contributed by atoms with Crippen LogP contribution in [0.4, 0.5) is 5.69 Å². The van der Waals surface area contributed by atoms with Gasteiger partial charge < -0.3 is 19.9 Å². The SMILES string of the molecule is O=C(Nc1ccccc1OCC(O)CN1CCC(Oc2ccc(Cl)cc2)C1)c1ccccc1Cl. The lowest BCUT2D eigenvalue weighted by atomic mass is 10.2. The highest BCUT2D eigenvalue weighted by Crippen LogP contribution is 2.26. The zero-order valence-corrected chi connectivity index (χ0v) is 20.0. The van der Waals surface area contributed by atoms with Crippen LogP contribution in [0.5, 0.6) is 11.5 Å². The number of carbonyl (C=O) groups is 1. The Morgan fingerprint density at radius 3 is 2.59 bits per heavy atom. The normalized spacial score (nSPS) is 16.7. The number of likely N-dealkylation sites (tertiary alicyclic amines) is 1. The minimum atomic E-state index is -0.693. The molecule has 0 radical (unpaired) electrons. The third kappa shape index (κ3) is 6.64. The van der Waals surface area contributed by atoms with E-state index >= 15 is 0 Å². The minimum Gasteiger partial charge on any atom is -0.489 e. The van der Waals surface area contributed by atoms with Crippen LogP contribution in [0.25, 0.3) is 0 Å². The molecule has 3 aromatic rings. The summed E-state index contributed by atoms with van der Waals surface area (Å²) in [5.74, 6) is 0.939. The van der Waals surface area contributed by atoms with Crippen LogP contribution < -0.4 is 14.8 Å². The highest BCUT2D eigenvalue weighted by molar-refractivity contribution is 6.34. The molecule has 0 aromatic heterocycles. The molecule has 1 heterocycles. The minimum absolute atomic E-state index is 0.0649. The monoisotopic (exact) mass is 500 g/mol. The number of aliphatic hydroxyl groups excluding tert-OH is 1. The van der Waals surface area contributed by atoms with Gasteiger partial charge in [-0.2, -0.15) is 0 Å². The first-order valence-corrected chi connectivity index (χ1v) is 11.8. The van der Waals surface area contributed by atoms with E-state index in [2.05, 4.69) is 10.2 Å². The predicted molar refractivity (Wildman–Crippen MR) is 134 cm³/mol. The molecule has 2 N–H and O–H groups in total. The molecule has 3 aromatic carbocycles. The Bertz CT molecular complexity index is 1110. The molecule has 6 nitrogen and oxygen atoms in total. The average molecular weight is 501 g/mol. The van der Waals surface area contributed by atoms with Gasteiger partial charge in [0.2, 0.25) is 0 Å². The number of nitrogens with one attached hydrogen (secondary N) is 1. The van der Waals surface area contributed by atoms with E-state index in [-0.39, 0.29) is 18.6 Å². The maximum absolute atomic E-state index is 12.6. The number of para-hydroxylation sites is 2. The molecule has 4 rings (SSSR count). The molecule has 0 spiro atoms. The smallest absolute Gasteiger partial charge is 0.257 e. The van der Waals surface area contributed by atoms with Crippen molar-refractivity contribution < 1.29 is 19.4 Å². The first-order chi connectivity index (χ1) is 16.5. The van der Waals surface area contributed by atoms with E-state index in [1.54, 1.807) is 54.6 Å². The molecule has 0 saturated carbocycles. The van der Waals surface area contributed by atoms with Crippen molar-refractivity contribution in [3.63, 3.8) is 0 Å². The molecule has 1 amide bonds. The lowest BCUT2D eigenvalue weighted by Gasteiger charge is -2.21. The summed E-state index contributed by atoms with van der Waals surface area (Å²) < 4.78 is 11.8. The Morgan fingerprint density at radius 1 is 1.06 bits per heavy atom. The fourth-order valence-corrected chi connectivity index (χ4v) is 4.18. The number of amides is 1. The predicted octanol–water partition coefficient (Wildman–Crippen LogP) is 5.14. The van der Waals surface area contributed by atoms with Gasteiger partial charge in [0.25, 0.3) is 5.91 Å². The van der Waals surface area contributed by atoms with Crippen LogP contribution in [0, 0.1) is 0 Å². The number of nitrogens with zero attached hydrogens (tertiary/aromatic N) is 1. The van der Waals surface area contributed by atoms with Crippen molar-refractivity contribution in [3.05, 3.63) is 88.4 Å². The molecule has 1 saturated heterocycles. The Hall–Kier alpha value is -2.77. The molecule has 2 atom stereocenters. The number of hydrogen-bond acceptors (Lipinski definition) is 5. The summed E-state index contributed by atoms with van der Waals surface area (Å²) in [6.07, 6.45) is 0.254. The molecule has 0 aliphatic carbocycles. The topological polar surface area (TPSA) is 71.0 Å². The van der Waals surface area contributed by atoms with Gasteiger partial charge in [0.1, 0.15) is 30.3 Å². The van der Waals surface area contributed by atoms with E-state index < -0.39 is 6.10 Å². The van der Waals surface area contributed by atoms with E-state index in [0.29, 0.717) is 33.6 Å². The second-order valence-electron chi connectivity index (χ2n) is 8.14. The number of β-amino-alcohol motifs (C(OH)–C–C–N with tert-alkyl or cyclic N) is 1. The second kappa shape index (κ2) is 11.6. The maximum Gasteiger partial charge on any atom is 0.257 e. The van der Waals surface area contributed by atoms with Gasteiger partial charge in [0.05, 0.1) is 16.3 Å². The van der Waals surface area contributed by atoms with Gasteiger partial charge in [0, 0.05) is 24.7 Å². The quantitative estimate of drug-likeness (QED) is 0.425. The van der Waals surface area contributed by atoms with Gasteiger partial charge in [-0.25, -0.2) is 0 Å². The highest BCUT2D eigenvalue weighted by Gasteiger charge is 2.26. The molecule has 2 unspecified atom stereocenters. The van der Waals surface area contributed by atoms with E-state index in [1.807, 2.05) is 18.2 Å². The molecular formula is C26H26Cl2N2O4. The Morgan fingerprint density at radius 2 is 1.79 bits per heavy atom. The Kier molecular flexibility index (Phi) is 8.29. The lowest BCUT2D eigenvalue weighted by Crippen LogP contribution is -2.35. The van der Waals surface area contributed by atoms with Crippen molar-refractivity contribution in [1.29, 1.82) is 0 Å². The van der Waals surface area contributed by atoms with E-state index in [4.69, 9.17) is 32.7 Å². The number of halogens is 2. The van der Waals surface area contributed by atoms with Crippen LogP contribution >= 0.6 is 23.2 Å². The van der Waals surface area contributed by atoms with Crippen molar-refractivity contribution in [2.75, 3.05) is 31.6 Å². The Balaban J connectivity index is 1.26. The molecule has 0 bridgehead atoms. The molecule has 1 fully saturated rings. The largest absolute Gasteiger partial charge is 0.489 e. The van der Waals surface area contributed by atoms with Crippen LogP contribution in [0.15, 0.2) is 72.8 Å². The first kappa shape index (κ1) is 24.4. The molecule has 34 heavy (non-hydrogen) atoms. The van der Waals surface area contributed by atoms with Crippen molar-refractivity contribution in [2.24, 2.45) is 0 Å². The van der Waals surface area contributed by atoms with Gasteiger partial charge in [-0.15, -0.1) is 0 Å². The third-order valence-corrected chi connectivity index (χ3v) is 6.08. The van der Waals surface area contributed by atoms with Crippen LogP contribution in [0.1, 0.15) is 16.8 Å². The number of hydrogen-bond donors (Lipinski definition) is 2. The summed E-state index contributed by atoms with van der Waals surface area (Å²) in [6.45, 7) is 2.12. The van der Waals surface area contributed by atoms with Crippen molar-refractivity contribution in [2.45, 2.75) is 18.6 Å². The summed E-state index contributed by atoms with van der Waals surface area (Å²) in [5.41, 5.74) is 0.889. The van der Waals surface area contributed by atoms with E-state index in [0.717, 1.165) is 25.3 Å². The van der Waals surface area contributed by atoms with E-state index in [1.165, 1.54) is 0 Å². The molecular weight excluding hydrogens is 475 g/mol. The van der Waals surface area contributed by atoms with Crippen molar-refractivity contribution in [1.82, 2.24) is 4.90 Å². The van der Waals surface area contributed by atoms with Crippen LogP contribution in [0.3, 0.4) is 0 Å². The summed E-state index contributed by atoms with van der Waals surface area (Å²) in [4.78, 5) is 14.8. The molecule has 178 valence electrons. The van der Waals surface area contributed by atoms with Crippen molar-refractivity contribution >= 4 is 34.8 Å². The summed E-state index contributed by atoms with van der Waals surface area (Å²) in [7, 11) is 0. The number of benzene rings is 3. The maximum atomic E-state index is 12.6. The first-order valence-electron chi connectivity index (χ1n) is 11.1. The molecule has 8 heteroatoms. The summed E-state index contributed by atoms with van der Waals surface area (Å²) in [6, 6.07) is 21.3. The van der Waals surface area contributed by atoms with Gasteiger partial charge in [-0.1, -0.05) is 47.5 Å². The van der Waals surface area contributed by atoms with E-state index in [9.17, 15) is 9.90 Å². The van der Waals surface area contributed by atoms with Crippen LogP contribution in [0.2, 0.25) is 10.0 Å². The third-order valence-electron chi connectivity index (χ3n) is 5.50. The van der Waals surface area contributed by atoms with Crippen LogP contribution in [-0.4, -0.2) is 54.4 Å². The zero-order chi connectivity index (χ0) is 23.9. The standard InChI is InChI=1S/C26H26Cl2N2O4/c27-18-9-11-20(12-10-18)34-21-13-14-30(16-21)15-19(31)17-33-25-8-4-3-7-24(25)29-26(32)22-5-1-2-6-23(22)28/h1-12,19,21,31H,13-17H2,(H,29,32). The van der Waals surface area contributed by atoms with Crippen LogP contribution in [-0.2, 0) is 0 Å². The summed E-state index contributed by atoms with van der Waals surface area (Å²) in [5, 5.41) is 14.4. The average Bonchev–Trinajstić information content (AvgIpc) is 3.26. The number of aliphatic hydroxyl groups is 1. The van der Waals surface area contributed by atoms with Gasteiger partial charge >= 0.3 is 0 Å². The number of rotatable bonds is 9. The fraction of sp³-hybridized carbons (Fsp3) is 0.269. The van der Waals surface area contributed by atoms with Gasteiger partial charge in [-0.3, -0.25) is 9.69 Å². The highest BCUT2D eigenvalue weighted by atomic mass is 35.5. The number of ether oxygens (including phenoxy) is 2. The second-order valence-corrected chi connectivity index (χ2v) is 8.98. The zero-order valence-electron chi connectivity index (χ0n) is 18.5. The molecule has 1 aliphatic rings. The number of anilines is 1. The molecule has 1 aliphatic heterocycles. The lowest BCUT2D eigenvalue weighted by molar-refractivity contribution is 0.0722. The van der Waals surface area contributed by atoms with Gasteiger partial charge in [0.15, 0.2) is 0 Å². The Labute approximate surface area is 209 Å². The van der Waals surface area contributed by atoms with Crippen molar-refractivity contribution in [3.8, 4) is 11.5 Å². The summed E-state index contributed by atoms with van der Waals surface area (Å²) >= 11 is 12.0. The fourth-order valence-electron chi connectivity index (χ4n) is 3.83. The van der Waals surface area contributed by atoms with Gasteiger partial charge in [-0.05, 0) is 55.0 Å². The number of carbonyl (C=O) groups excluding carboxylic acids is 1.